The Morgan fingerprint density at radius 2 is 1.66 bits per heavy atom. The number of rotatable bonds is 6. The summed E-state index contributed by atoms with van der Waals surface area (Å²) < 4.78 is 0.793. The third-order valence-corrected chi connectivity index (χ3v) is 6.71. The summed E-state index contributed by atoms with van der Waals surface area (Å²) in [4.78, 5) is 42.4. The Kier molecular flexibility index (Phi) is 7.95. The second kappa shape index (κ2) is 10.9. The molecule has 4 rings (SSSR count). The zero-order chi connectivity index (χ0) is 25.1. The molecule has 10 heteroatoms. The van der Waals surface area contributed by atoms with Crippen LogP contribution in [0.2, 0.25) is 10.0 Å². The van der Waals surface area contributed by atoms with Crippen LogP contribution in [-0.2, 0) is 9.59 Å². The maximum atomic E-state index is 14.1. The zero-order valence-corrected chi connectivity index (χ0v) is 21.8. The second-order valence-electron chi connectivity index (χ2n) is 7.81. The van der Waals surface area contributed by atoms with Gasteiger partial charge in [-0.05, 0) is 76.2 Å². The highest BCUT2D eigenvalue weighted by Crippen LogP contribution is 2.38. The number of aliphatic hydroxyl groups is 1. The Morgan fingerprint density at radius 3 is 2.29 bits per heavy atom. The molecule has 0 bridgehead atoms. The number of benzene rings is 3. The summed E-state index contributed by atoms with van der Waals surface area (Å²) in [6.45, 7) is -0.299. The normalized spacial score (nSPS) is 16.2. The Hall–Kier alpha value is -2.66. The number of aliphatic hydroxyl groups excluding tert-OH is 1. The largest absolute Gasteiger partial charge is 0.395 e. The molecule has 0 fully saturated rings. The van der Waals surface area contributed by atoms with Crippen LogP contribution in [0.1, 0.15) is 33.6 Å². The van der Waals surface area contributed by atoms with Gasteiger partial charge in [0.25, 0.3) is 11.8 Å². The maximum absolute atomic E-state index is 14.1. The van der Waals surface area contributed by atoms with Crippen molar-refractivity contribution < 1.29 is 19.5 Å². The average Bonchev–Trinajstić information content (AvgIpc) is 2.94. The van der Waals surface area contributed by atoms with Crippen LogP contribution in [0, 0.1) is 3.57 Å². The molecular formula is C25H20Cl2IN3O4. The first-order chi connectivity index (χ1) is 16.8. The molecule has 0 saturated heterocycles. The number of halogens is 3. The van der Waals surface area contributed by atoms with E-state index in [9.17, 15) is 19.5 Å². The number of amides is 3. The van der Waals surface area contributed by atoms with E-state index in [0.29, 0.717) is 26.9 Å². The van der Waals surface area contributed by atoms with E-state index in [1.165, 1.54) is 4.90 Å². The quantitative estimate of drug-likeness (QED) is 0.350. The highest BCUT2D eigenvalue weighted by Gasteiger charge is 2.43. The van der Waals surface area contributed by atoms with E-state index in [0.717, 1.165) is 3.57 Å². The number of fused-ring (bicyclic) bond motifs is 1. The molecule has 0 aliphatic carbocycles. The van der Waals surface area contributed by atoms with E-state index in [1.807, 2.05) is 0 Å². The summed E-state index contributed by atoms with van der Waals surface area (Å²) in [5.41, 5.74) is 1.55. The van der Waals surface area contributed by atoms with Crippen molar-refractivity contribution in [2.24, 2.45) is 0 Å². The van der Waals surface area contributed by atoms with Gasteiger partial charge in [0.2, 0.25) is 5.91 Å². The molecule has 1 aliphatic rings. The van der Waals surface area contributed by atoms with Crippen LogP contribution in [0.25, 0.3) is 0 Å². The van der Waals surface area contributed by atoms with Gasteiger partial charge in [-0.1, -0.05) is 47.5 Å². The third kappa shape index (κ3) is 5.45. The van der Waals surface area contributed by atoms with Crippen molar-refractivity contribution in [3.05, 3.63) is 97.0 Å². The second-order valence-corrected chi connectivity index (χ2v) is 9.93. The van der Waals surface area contributed by atoms with Crippen LogP contribution in [0.15, 0.2) is 66.7 Å². The summed E-state index contributed by atoms with van der Waals surface area (Å²) in [5.74, 6) is -1.53. The van der Waals surface area contributed by atoms with Crippen molar-refractivity contribution in [3.63, 3.8) is 0 Å². The lowest BCUT2D eigenvalue weighted by atomic mass is 9.97. The van der Waals surface area contributed by atoms with E-state index >= 15 is 0 Å². The Bertz CT molecular complexity index is 1270. The summed E-state index contributed by atoms with van der Waals surface area (Å²) in [5, 5.41) is 15.7. The number of carbonyl (C=O) groups is 3. The van der Waals surface area contributed by atoms with Gasteiger partial charge in [0.1, 0.15) is 12.1 Å². The highest BCUT2D eigenvalue weighted by molar-refractivity contribution is 14.1. The number of nitrogens with one attached hydrogen (secondary N) is 2. The predicted molar refractivity (Wildman–Crippen MR) is 142 cm³/mol. The van der Waals surface area contributed by atoms with E-state index < -0.39 is 29.8 Å². The standard InChI is InChI=1S/C25H20Cl2IN3O4/c26-16-5-1-14(2-6-16)21(23(33)29-11-12-32)31-22(15-3-7-17(27)8-4-15)24(34)30-20-10-9-18(28)13-19(20)25(31)35/h1-10,13,21-22,32H,11-12H2,(H,29,33)(H,30,34)/t21-,22-/m0/s1. The van der Waals surface area contributed by atoms with Gasteiger partial charge in [-0.15, -0.1) is 0 Å². The molecule has 0 saturated carbocycles. The van der Waals surface area contributed by atoms with E-state index in [2.05, 4.69) is 33.2 Å². The first-order valence-corrected chi connectivity index (χ1v) is 12.5. The number of anilines is 1. The van der Waals surface area contributed by atoms with E-state index in [1.54, 1.807) is 66.7 Å². The van der Waals surface area contributed by atoms with Crippen LogP contribution in [-0.4, -0.2) is 40.9 Å². The fourth-order valence-corrected chi connectivity index (χ4v) is 4.71. The van der Waals surface area contributed by atoms with Gasteiger partial charge in [0.05, 0.1) is 17.9 Å². The molecule has 3 amide bonds. The molecule has 0 spiro atoms. The molecule has 0 unspecified atom stereocenters. The van der Waals surface area contributed by atoms with Gasteiger partial charge < -0.3 is 20.6 Å². The van der Waals surface area contributed by atoms with Crippen LogP contribution in [0.5, 0.6) is 0 Å². The highest BCUT2D eigenvalue weighted by atomic mass is 127. The summed E-state index contributed by atoms with van der Waals surface area (Å²) in [6.07, 6.45) is 0. The lowest BCUT2D eigenvalue weighted by molar-refractivity contribution is -0.129. The minimum atomic E-state index is -1.19. The SMILES string of the molecule is O=C(NCCO)[C@H](c1ccc(Cl)cc1)N1C(=O)c2cc(I)ccc2NC(=O)[C@@H]1c1ccc(Cl)cc1. The Balaban J connectivity index is 1.94. The van der Waals surface area contributed by atoms with Gasteiger partial charge in [-0.3, -0.25) is 14.4 Å². The van der Waals surface area contributed by atoms with Crippen molar-refractivity contribution in [1.29, 1.82) is 0 Å². The van der Waals surface area contributed by atoms with Crippen molar-refractivity contribution in [2.75, 3.05) is 18.5 Å². The molecule has 180 valence electrons. The molecule has 3 N–H and O–H groups in total. The summed E-state index contributed by atoms with van der Waals surface area (Å²) in [6, 6.07) is 15.8. The van der Waals surface area contributed by atoms with Gasteiger partial charge in [-0.25, -0.2) is 0 Å². The fraction of sp³-hybridized carbons (Fsp3) is 0.160. The maximum Gasteiger partial charge on any atom is 0.257 e. The van der Waals surface area contributed by atoms with Crippen molar-refractivity contribution >= 4 is 69.2 Å². The zero-order valence-electron chi connectivity index (χ0n) is 18.2. The van der Waals surface area contributed by atoms with Crippen molar-refractivity contribution in [2.45, 2.75) is 12.1 Å². The van der Waals surface area contributed by atoms with Gasteiger partial charge in [0.15, 0.2) is 0 Å². The van der Waals surface area contributed by atoms with Gasteiger partial charge in [-0.2, -0.15) is 0 Å². The molecular weight excluding hydrogens is 604 g/mol. The Morgan fingerprint density at radius 1 is 1.03 bits per heavy atom. The fourth-order valence-electron chi connectivity index (χ4n) is 3.97. The lowest BCUT2D eigenvalue weighted by Gasteiger charge is -2.35. The summed E-state index contributed by atoms with van der Waals surface area (Å²) in [7, 11) is 0. The molecule has 35 heavy (non-hydrogen) atoms. The monoisotopic (exact) mass is 623 g/mol. The van der Waals surface area contributed by atoms with E-state index in [-0.39, 0.29) is 18.7 Å². The van der Waals surface area contributed by atoms with E-state index in [4.69, 9.17) is 23.2 Å². The lowest BCUT2D eigenvalue weighted by Crippen LogP contribution is -2.47. The molecule has 1 heterocycles. The van der Waals surface area contributed by atoms with Gasteiger partial charge in [0, 0.05) is 20.2 Å². The minimum Gasteiger partial charge on any atom is -0.395 e. The average molecular weight is 624 g/mol. The van der Waals surface area contributed by atoms with Crippen LogP contribution < -0.4 is 10.6 Å². The third-order valence-electron chi connectivity index (χ3n) is 5.54. The molecule has 2 atom stereocenters. The molecule has 7 nitrogen and oxygen atoms in total. The predicted octanol–water partition coefficient (Wildman–Crippen LogP) is 4.58. The Labute approximate surface area is 225 Å². The topological polar surface area (TPSA) is 98.7 Å². The smallest absolute Gasteiger partial charge is 0.257 e. The molecule has 0 radical (unpaired) electrons. The van der Waals surface area contributed by atoms with Crippen LogP contribution >= 0.6 is 45.8 Å². The number of hydrogen-bond acceptors (Lipinski definition) is 4. The van der Waals surface area contributed by atoms with Crippen LogP contribution in [0.3, 0.4) is 0 Å². The van der Waals surface area contributed by atoms with Crippen LogP contribution in [0.4, 0.5) is 5.69 Å². The van der Waals surface area contributed by atoms with Crippen molar-refractivity contribution in [3.8, 4) is 0 Å². The number of nitrogens with zero attached hydrogens (tertiary/aromatic N) is 1. The molecule has 3 aromatic rings. The number of carbonyl (C=O) groups excluding carboxylic acids is 3. The molecule has 1 aliphatic heterocycles. The molecule has 0 aromatic heterocycles. The first-order valence-electron chi connectivity index (χ1n) is 10.6. The van der Waals surface area contributed by atoms with Gasteiger partial charge >= 0.3 is 0 Å². The molecule has 3 aromatic carbocycles. The number of hydrogen-bond donors (Lipinski definition) is 3. The summed E-state index contributed by atoms with van der Waals surface area (Å²) >= 11 is 14.2. The van der Waals surface area contributed by atoms with Crippen molar-refractivity contribution in [1.82, 2.24) is 10.2 Å². The first kappa shape index (κ1) is 25.4. The minimum absolute atomic E-state index is 0.0166.